The van der Waals surface area contributed by atoms with E-state index < -0.39 is 0 Å². The van der Waals surface area contributed by atoms with E-state index in [1.165, 1.54) is 0 Å². The maximum absolute atomic E-state index is 9.15. The summed E-state index contributed by atoms with van der Waals surface area (Å²) >= 11 is 0. The molecule has 0 atom stereocenters. The molecule has 0 unspecified atom stereocenters. The number of anilines is 2. The number of nitrogens with zero attached hydrogens (tertiary/aromatic N) is 3. The first-order valence-electron chi connectivity index (χ1n) is 10.7. The van der Waals surface area contributed by atoms with Gasteiger partial charge >= 0.3 is 0 Å². The first-order chi connectivity index (χ1) is 16.5. The summed E-state index contributed by atoms with van der Waals surface area (Å²) in [6.45, 7) is 4.41. The van der Waals surface area contributed by atoms with Crippen molar-refractivity contribution in [1.82, 2.24) is 9.97 Å². The number of nitriles is 1. The zero-order valence-corrected chi connectivity index (χ0v) is 18.9. The number of aryl methyl sites for hydroxylation is 2. The van der Waals surface area contributed by atoms with Gasteiger partial charge in [-0.3, -0.25) is 0 Å². The molecule has 0 saturated carbocycles. The van der Waals surface area contributed by atoms with E-state index in [1.807, 2.05) is 50.2 Å². The van der Waals surface area contributed by atoms with Crippen molar-refractivity contribution in [2.75, 3.05) is 5.32 Å². The predicted octanol–water partition coefficient (Wildman–Crippen LogP) is 5.57. The van der Waals surface area contributed by atoms with Crippen LogP contribution in [0.1, 0.15) is 27.8 Å². The number of aromatic nitrogens is 2. The normalized spacial score (nSPS) is 10.4. The topological polar surface area (TPSA) is 100 Å². The number of nitrogens with one attached hydrogen (secondary N) is 1. The molecule has 170 valence electrons. The zero-order valence-electron chi connectivity index (χ0n) is 18.9. The van der Waals surface area contributed by atoms with Gasteiger partial charge in [0, 0.05) is 18.0 Å². The fraction of sp³-hybridized carbons (Fsp3) is 0.148. The number of ether oxygens (including phenoxy) is 2. The van der Waals surface area contributed by atoms with Gasteiger partial charge in [-0.15, -0.1) is 0 Å². The van der Waals surface area contributed by atoms with Gasteiger partial charge in [-0.25, -0.2) is 4.98 Å². The van der Waals surface area contributed by atoms with Crippen LogP contribution in [0.15, 0.2) is 72.9 Å². The average molecular weight is 453 g/mol. The third-order valence-electron chi connectivity index (χ3n) is 5.14. The van der Waals surface area contributed by atoms with Crippen LogP contribution in [0, 0.1) is 25.2 Å². The third-order valence-corrected chi connectivity index (χ3v) is 5.14. The minimum absolute atomic E-state index is 0.0134. The molecule has 0 bridgehead atoms. The molecule has 0 saturated heterocycles. The summed E-state index contributed by atoms with van der Waals surface area (Å²) in [5, 5.41) is 21.2. The van der Waals surface area contributed by atoms with Crippen LogP contribution in [0.5, 0.6) is 17.4 Å². The Bertz CT molecular complexity index is 1290. The standard InChI is InChI=1S/C27H24N4O3/c1-18-13-22(17-33-24-9-5-21(16-32)6-10-24)14-19(2)26(18)34-25-11-12-29-27(31-25)30-23-7-3-20(15-28)4-8-23/h3-14,32H,16-17H2,1-2H3,(H,29,30,31). The minimum Gasteiger partial charge on any atom is -0.489 e. The Morgan fingerprint density at radius 3 is 2.29 bits per heavy atom. The molecule has 3 aromatic carbocycles. The molecular formula is C27H24N4O3. The molecule has 7 nitrogen and oxygen atoms in total. The predicted molar refractivity (Wildman–Crippen MR) is 129 cm³/mol. The van der Waals surface area contributed by atoms with E-state index in [0.717, 1.165) is 39.4 Å². The van der Waals surface area contributed by atoms with Crippen LogP contribution in [0.2, 0.25) is 0 Å². The quantitative estimate of drug-likeness (QED) is 0.360. The lowest BCUT2D eigenvalue weighted by Crippen LogP contribution is -2.01. The smallest absolute Gasteiger partial charge is 0.230 e. The largest absolute Gasteiger partial charge is 0.489 e. The summed E-state index contributed by atoms with van der Waals surface area (Å²) in [6, 6.07) is 22.3. The van der Waals surface area contributed by atoms with Crippen LogP contribution in [-0.2, 0) is 13.2 Å². The van der Waals surface area contributed by atoms with E-state index in [-0.39, 0.29) is 6.61 Å². The monoisotopic (exact) mass is 452 g/mol. The Kier molecular flexibility index (Phi) is 7.01. The number of benzene rings is 3. The Morgan fingerprint density at radius 1 is 0.941 bits per heavy atom. The van der Waals surface area contributed by atoms with Gasteiger partial charge < -0.3 is 19.9 Å². The SMILES string of the molecule is Cc1cc(COc2ccc(CO)cc2)cc(C)c1Oc1ccnc(Nc2ccc(C#N)cc2)n1. The summed E-state index contributed by atoms with van der Waals surface area (Å²) < 4.78 is 12.0. The molecule has 0 aliphatic carbocycles. The van der Waals surface area contributed by atoms with Crippen molar-refractivity contribution in [1.29, 1.82) is 5.26 Å². The highest BCUT2D eigenvalue weighted by Crippen LogP contribution is 2.30. The van der Waals surface area contributed by atoms with E-state index in [0.29, 0.717) is 24.0 Å². The first-order valence-corrected chi connectivity index (χ1v) is 10.7. The van der Waals surface area contributed by atoms with Gasteiger partial charge in [-0.2, -0.15) is 10.2 Å². The van der Waals surface area contributed by atoms with Crippen molar-refractivity contribution in [3.05, 3.63) is 101 Å². The van der Waals surface area contributed by atoms with Crippen LogP contribution >= 0.6 is 0 Å². The van der Waals surface area contributed by atoms with Crippen molar-refractivity contribution < 1.29 is 14.6 Å². The number of aliphatic hydroxyl groups is 1. The maximum Gasteiger partial charge on any atom is 0.230 e. The summed E-state index contributed by atoms with van der Waals surface area (Å²) in [4.78, 5) is 8.69. The Labute approximate surface area is 198 Å². The molecule has 0 radical (unpaired) electrons. The molecule has 0 aliphatic heterocycles. The van der Waals surface area contributed by atoms with Crippen LogP contribution in [-0.4, -0.2) is 15.1 Å². The van der Waals surface area contributed by atoms with Crippen molar-refractivity contribution in [2.24, 2.45) is 0 Å². The van der Waals surface area contributed by atoms with Crippen molar-refractivity contribution in [3.8, 4) is 23.4 Å². The van der Waals surface area contributed by atoms with Gasteiger partial charge in [-0.1, -0.05) is 12.1 Å². The fourth-order valence-corrected chi connectivity index (χ4v) is 3.46. The lowest BCUT2D eigenvalue weighted by Gasteiger charge is -2.14. The zero-order chi connectivity index (χ0) is 23.9. The molecule has 2 N–H and O–H groups in total. The van der Waals surface area contributed by atoms with E-state index in [1.54, 1.807) is 36.5 Å². The number of aliphatic hydroxyl groups excluding tert-OH is 1. The van der Waals surface area contributed by atoms with Gasteiger partial charge in [0.1, 0.15) is 18.1 Å². The molecule has 1 aromatic heterocycles. The number of hydrogen-bond donors (Lipinski definition) is 2. The van der Waals surface area contributed by atoms with Gasteiger partial charge in [-0.05, 0) is 84.6 Å². The Morgan fingerprint density at radius 2 is 1.65 bits per heavy atom. The van der Waals surface area contributed by atoms with Crippen LogP contribution in [0.25, 0.3) is 0 Å². The van der Waals surface area contributed by atoms with Crippen molar-refractivity contribution in [3.63, 3.8) is 0 Å². The molecular weight excluding hydrogens is 428 g/mol. The highest BCUT2D eigenvalue weighted by Gasteiger charge is 2.10. The van der Waals surface area contributed by atoms with Gasteiger partial charge in [0.15, 0.2) is 0 Å². The number of hydrogen-bond acceptors (Lipinski definition) is 7. The maximum atomic E-state index is 9.15. The third kappa shape index (κ3) is 5.68. The highest BCUT2D eigenvalue weighted by atomic mass is 16.5. The second-order valence-electron chi connectivity index (χ2n) is 7.78. The van der Waals surface area contributed by atoms with E-state index in [2.05, 4.69) is 21.4 Å². The molecule has 0 spiro atoms. The van der Waals surface area contributed by atoms with E-state index in [4.69, 9.17) is 19.8 Å². The van der Waals surface area contributed by atoms with Crippen molar-refractivity contribution in [2.45, 2.75) is 27.1 Å². The minimum atomic E-state index is 0.0134. The second-order valence-corrected chi connectivity index (χ2v) is 7.78. The van der Waals surface area contributed by atoms with Gasteiger partial charge in [0.2, 0.25) is 11.8 Å². The summed E-state index contributed by atoms with van der Waals surface area (Å²) in [5.74, 6) is 2.30. The van der Waals surface area contributed by atoms with Gasteiger partial charge in [0.05, 0.1) is 18.2 Å². The molecule has 34 heavy (non-hydrogen) atoms. The first kappa shape index (κ1) is 22.8. The van der Waals surface area contributed by atoms with E-state index >= 15 is 0 Å². The van der Waals surface area contributed by atoms with Crippen LogP contribution in [0.4, 0.5) is 11.6 Å². The molecule has 0 fully saturated rings. The lowest BCUT2D eigenvalue weighted by atomic mass is 10.1. The van der Waals surface area contributed by atoms with Gasteiger partial charge in [0.25, 0.3) is 0 Å². The Hall–Kier alpha value is -4.41. The van der Waals surface area contributed by atoms with Crippen molar-refractivity contribution >= 4 is 11.6 Å². The van der Waals surface area contributed by atoms with E-state index in [9.17, 15) is 0 Å². The van der Waals surface area contributed by atoms with Crippen LogP contribution in [0.3, 0.4) is 0 Å². The average Bonchev–Trinajstić information content (AvgIpc) is 2.86. The molecule has 0 aliphatic rings. The highest BCUT2D eigenvalue weighted by molar-refractivity contribution is 5.55. The number of rotatable bonds is 8. The summed E-state index contributed by atoms with van der Waals surface area (Å²) in [5.41, 5.74) is 5.17. The molecule has 0 amide bonds. The summed E-state index contributed by atoms with van der Waals surface area (Å²) in [6.07, 6.45) is 1.63. The molecule has 4 rings (SSSR count). The summed E-state index contributed by atoms with van der Waals surface area (Å²) in [7, 11) is 0. The molecule has 7 heteroatoms. The second kappa shape index (κ2) is 10.5. The molecule has 1 heterocycles. The Balaban J connectivity index is 1.44. The van der Waals surface area contributed by atoms with Crippen LogP contribution < -0.4 is 14.8 Å². The lowest BCUT2D eigenvalue weighted by molar-refractivity contribution is 0.280. The fourth-order valence-electron chi connectivity index (χ4n) is 3.46. The molecule has 4 aromatic rings.